The Balaban J connectivity index is 1.65. The van der Waals surface area contributed by atoms with Crippen molar-refractivity contribution in [2.45, 2.75) is 12.5 Å². The van der Waals surface area contributed by atoms with Gasteiger partial charge in [0, 0.05) is 15.6 Å². The summed E-state index contributed by atoms with van der Waals surface area (Å²) in [6.45, 7) is -0.298. The summed E-state index contributed by atoms with van der Waals surface area (Å²) in [6, 6.07) is 8.97. The van der Waals surface area contributed by atoms with Gasteiger partial charge < -0.3 is 26.8 Å². The number of aliphatic imine (C=N–C) groups is 1. The van der Waals surface area contributed by atoms with Crippen molar-refractivity contribution in [2.75, 3.05) is 6.54 Å². The summed E-state index contributed by atoms with van der Waals surface area (Å²) in [7, 11) is 0. The summed E-state index contributed by atoms with van der Waals surface area (Å²) < 4.78 is 5.86. The zero-order valence-corrected chi connectivity index (χ0v) is 17.8. The molecule has 156 valence electrons. The molecule has 1 unspecified atom stereocenters. The molecule has 1 heterocycles. The minimum atomic E-state index is -0.633. The molecule has 0 aromatic heterocycles. The van der Waals surface area contributed by atoms with Gasteiger partial charge in [-0.1, -0.05) is 33.6 Å². The summed E-state index contributed by atoms with van der Waals surface area (Å²) in [5, 5.41) is 5.48. The SMILES string of the molecule is NC(N)=Nc1cccc(C(=O)NCC(=O)NC2CC(=O)Oc3c(Cl)cc(Br)cc32)c1. The Labute approximate surface area is 184 Å². The van der Waals surface area contributed by atoms with Crippen LogP contribution >= 0.6 is 27.5 Å². The van der Waals surface area contributed by atoms with Gasteiger partial charge in [-0.05, 0) is 30.3 Å². The zero-order chi connectivity index (χ0) is 21.8. The van der Waals surface area contributed by atoms with Crippen molar-refractivity contribution in [1.82, 2.24) is 10.6 Å². The number of esters is 1. The molecule has 0 bridgehead atoms. The van der Waals surface area contributed by atoms with Crippen LogP contribution in [0.2, 0.25) is 5.02 Å². The monoisotopic (exact) mass is 493 g/mol. The number of fused-ring (bicyclic) bond motifs is 1. The maximum absolute atomic E-state index is 12.4. The number of hydrogen-bond acceptors (Lipinski definition) is 5. The van der Waals surface area contributed by atoms with Gasteiger partial charge in [0.2, 0.25) is 5.91 Å². The van der Waals surface area contributed by atoms with Crippen LogP contribution < -0.4 is 26.8 Å². The topological polar surface area (TPSA) is 149 Å². The molecule has 3 rings (SSSR count). The fourth-order valence-corrected chi connectivity index (χ4v) is 3.75. The molecule has 0 radical (unpaired) electrons. The van der Waals surface area contributed by atoms with Crippen molar-refractivity contribution in [2.24, 2.45) is 16.5 Å². The quantitative estimate of drug-likeness (QED) is 0.216. The lowest BCUT2D eigenvalue weighted by atomic mass is 10.00. The first-order chi connectivity index (χ1) is 14.2. The lowest BCUT2D eigenvalue weighted by molar-refractivity contribution is -0.136. The average molecular weight is 495 g/mol. The zero-order valence-electron chi connectivity index (χ0n) is 15.4. The maximum Gasteiger partial charge on any atom is 0.313 e. The molecule has 0 aliphatic carbocycles. The van der Waals surface area contributed by atoms with Crippen LogP contribution in [-0.2, 0) is 9.59 Å². The first-order valence-electron chi connectivity index (χ1n) is 8.70. The highest BCUT2D eigenvalue weighted by molar-refractivity contribution is 9.10. The number of ether oxygens (including phenoxy) is 1. The van der Waals surface area contributed by atoms with Gasteiger partial charge in [-0.25, -0.2) is 4.99 Å². The van der Waals surface area contributed by atoms with Gasteiger partial charge in [-0.15, -0.1) is 0 Å². The summed E-state index contributed by atoms with van der Waals surface area (Å²) in [4.78, 5) is 40.4. The second-order valence-electron chi connectivity index (χ2n) is 6.37. The first kappa shape index (κ1) is 21.6. The molecule has 2 amide bonds. The molecule has 6 N–H and O–H groups in total. The Bertz CT molecular complexity index is 1060. The molecule has 0 saturated heterocycles. The maximum atomic E-state index is 12.4. The van der Waals surface area contributed by atoms with Crippen LogP contribution in [-0.4, -0.2) is 30.3 Å². The molecule has 0 spiro atoms. The van der Waals surface area contributed by atoms with Crippen molar-refractivity contribution in [3.8, 4) is 5.75 Å². The number of hydrogen-bond donors (Lipinski definition) is 4. The van der Waals surface area contributed by atoms with Gasteiger partial charge in [0.25, 0.3) is 5.91 Å². The van der Waals surface area contributed by atoms with Crippen LogP contribution in [0, 0.1) is 0 Å². The summed E-state index contributed by atoms with van der Waals surface area (Å²) >= 11 is 9.45. The number of halogens is 2. The Morgan fingerprint density at radius 1 is 1.27 bits per heavy atom. The predicted octanol–water partition coefficient (Wildman–Crippen LogP) is 1.90. The molecule has 0 saturated carbocycles. The molecule has 2 aromatic carbocycles. The van der Waals surface area contributed by atoms with Crippen molar-refractivity contribution < 1.29 is 19.1 Å². The van der Waals surface area contributed by atoms with Crippen molar-refractivity contribution in [1.29, 1.82) is 0 Å². The molecule has 0 fully saturated rings. The number of nitrogens with two attached hydrogens (primary N) is 2. The molecule has 1 aliphatic heterocycles. The van der Waals surface area contributed by atoms with Crippen LogP contribution in [0.5, 0.6) is 5.75 Å². The Hall–Kier alpha value is -3.11. The lowest BCUT2D eigenvalue weighted by Gasteiger charge is -2.26. The van der Waals surface area contributed by atoms with E-state index >= 15 is 0 Å². The smallest absolute Gasteiger partial charge is 0.313 e. The molecule has 2 aromatic rings. The number of guanidine groups is 1. The largest absolute Gasteiger partial charge is 0.424 e. The van der Waals surface area contributed by atoms with Gasteiger partial charge in [0.05, 0.1) is 29.7 Å². The van der Waals surface area contributed by atoms with E-state index in [1.807, 2.05) is 0 Å². The van der Waals surface area contributed by atoms with E-state index in [9.17, 15) is 14.4 Å². The van der Waals surface area contributed by atoms with E-state index in [1.165, 1.54) is 6.07 Å². The van der Waals surface area contributed by atoms with E-state index in [0.717, 1.165) is 0 Å². The molecule has 1 aliphatic rings. The number of carbonyl (C=O) groups is 3. The highest BCUT2D eigenvalue weighted by Crippen LogP contribution is 2.40. The fourth-order valence-electron chi connectivity index (χ4n) is 2.88. The second-order valence-corrected chi connectivity index (χ2v) is 7.70. The van der Waals surface area contributed by atoms with Gasteiger partial charge in [-0.3, -0.25) is 14.4 Å². The number of benzene rings is 2. The van der Waals surface area contributed by atoms with Crippen LogP contribution in [0.3, 0.4) is 0 Å². The number of carbonyl (C=O) groups excluding carboxylic acids is 3. The van der Waals surface area contributed by atoms with Gasteiger partial charge >= 0.3 is 5.97 Å². The van der Waals surface area contributed by atoms with Crippen LogP contribution in [0.4, 0.5) is 5.69 Å². The van der Waals surface area contributed by atoms with Gasteiger partial charge in [-0.2, -0.15) is 0 Å². The van der Waals surface area contributed by atoms with E-state index in [1.54, 1.807) is 30.3 Å². The van der Waals surface area contributed by atoms with Gasteiger partial charge in [0.15, 0.2) is 11.7 Å². The summed E-state index contributed by atoms with van der Waals surface area (Å²) in [6.07, 6.45) is -0.0555. The number of amides is 2. The summed E-state index contributed by atoms with van der Waals surface area (Å²) in [5.41, 5.74) is 11.9. The molecule has 30 heavy (non-hydrogen) atoms. The third-order valence-corrected chi connectivity index (χ3v) is 4.85. The molecule has 1 atom stereocenters. The summed E-state index contributed by atoms with van der Waals surface area (Å²) in [5.74, 6) is -1.40. The van der Waals surface area contributed by atoms with Gasteiger partial charge in [0.1, 0.15) is 0 Å². The molecular weight excluding hydrogens is 478 g/mol. The predicted molar refractivity (Wildman–Crippen MR) is 115 cm³/mol. The number of nitrogens with one attached hydrogen (secondary N) is 2. The van der Waals surface area contributed by atoms with Crippen molar-refractivity contribution in [3.63, 3.8) is 0 Å². The molecule has 11 heteroatoms. The standard InChI is InChI=1S/C19H17BrClN5O4/c20-10-5-12-14(7-16(28)30-17(12)13(21)6-10)26-15(27)8-24-18(29)9-2-1-3-11(4-9)25-19(22)23/h1-6,14H,7-8H2,(H,24,29)(H,26,27)(H4,22,23,25). The third kappa shape index (κ3) is 5.28. The number of rotatable bonds is 5. The van der Waals surface area contributed by atoms with E-state index in [0.29, 0.717) is 15.7 Å². The Kier molecular flexibility index (Phi) is 6.58. The van der Waals surface area contributed by atoms with Crippen LogP contribution in [0.1, 0.15) is 28.4 Å². The minimum Gasteiger partial charge on any atom is -0.424 e. The fraction of sp³-hybridized carbons (Fsp3) is 0.158. The second kappa shape index (κ2) is 9.14. The van der Waals surface area contributed by atoms with Crippen LogP contribution in [0.15, 0.2) is 45.9 Å². The first-order valence-corrected chi connectivity index (χ1v) is 9.87. The normalized spacial score (nSPS) is 14.9. The third-order valence-electron chi connectivity index (χ3n) is 4.11. The molecule has 9 nitrogen and oxygen atoms in total. The minimum absolute atomic E-state index is 0.0555. The Morgan fingerprint density at radius 3 is 2.77 bits per heavy atom. The van der Waals surface area contributed by atoms with E-state index in [2.05, 4.69) is 31.6 Å². The van der Waals surface area contributed by atoms with Crippen molar-refractivity contribution >= 4 is 57.0 Å². The van der Waals surface area contributed by atoms with Crippen molar-refractivity contribution in [3.05, 3.63) is 57.0 Å². The Morgan fingerprint density at radius 2 is 2.03 bits per heavy atom. The highest BCUT2D eigenvalue weighted by atomic mass is 79.9. The average Bonchev–Trinajstić information content (AvgIpc) is 2.66. The van der Waals surface area contributed by atoms with E-state index in [-0.39, 0.29) is 35.3 Å². The highest BCUT2D eigenvalue weighted by Gasteiger charge is 2.30. The molecular formula is C19H17BrClN5O4. The number of nitrogens with zero attached hydrogens (tertiary/aromatic N) is 1. The van der Waals surface area contributed by atoms with E-state index < -0.39 is 23.8 Å². The lowest BCUT2D eigenvalue weighted by Crippen LogP contribution is -2.40. The van der Waals surface area contributed by atoms with Crippen LogP contribution in [0.25, 0.3) is 0 Å². The van der Waals surface area contributed by atoms with E-state index in [4.69, 9.17) is 27.8 Å².